The normalized spacial score (nSPS) is 19.8. The summed E-state index contributed by atoms with van der Waals surface area (Å²) in [5, 5.41) is 4.35. The molecule has 2 aromatic rings. The van der Waals surface area contributed by atoms with E-state index in [1.165, 1.54) is 0 Å². The fourth-order valence-corrected chi connectivity index (χ4v) is 4.65. The molecule has 0 bridgehead atoms. The molecule has 4 heterocycles. The van der Waals surface area contributed by atoms with E-state index in [4.69, 9.17) is 0 Å². The SMILES string of the molecule is CCn1ccc(C(=O)N2CCC[C@H](CC(=O)N3CCN(CCc4ccccn4)CC3)C2)n1. The topological polar surface area (TPSA) is 74.6 Å². The molecule has 2 aromatic heterocycles. The van der Waals surface area contributed by atoms with Crippen LogP contribution in [0, 0.1) is 5.92 Å². The summed E-state index contributed by atoms with van der Waals surface area (Å²) in [6, 6.07) is 7.81. The van der Waals surface area contributed by atoms with Gasteiger partial charge in [-0.15, -0.1) is 0 Å². The number of pyridine rings is 1. The number of piperidine rings is 1. The molecule has 32 heavy (non-hydrogen) atoms. The summed E-state index contributed by atoms with van der Waals surface area (Å²) in [6.45, 7) is 8.51. The molecule has 2 aliphatic rings. The molecule has 0 radical (unpaired) electrons. The maximum absolute atomic E-state index is 12.9. The zero-order valence-electron chi connectivity index (χ0n) is 19.0. The lowest BCUT2D eigenvalue weighted by molar-refractivity contribution is -0.134. The Hall–Kier alpha value is -2.74. The maximum Gasteiger partial charge on any atom is 0.274 e. The molecule has 0 N–H and O–H groups in total. The summed E-state index contributed by atoms with van der Waals surface area (Å²) in [4.78, 5) is 36.4. The van der Waals surface area contributed by atoms with E-state index in [1.54, 1.807) is 10.7 Å². The molecule has 8 heteroatoms. The minimum atomic E-state index is -0.0177. The predicted octanol–water partition coefficient (Wildman–Crippen LogP) is 1.93. The molecular formula is C24H34N6O2. The van der Waals surface area contributed by atoms with E-state index in [2.05, 4.69) is 21.0 Å². The van der Waals surface area contributed by atoms with E-state index < -0.39 is 0 Å². The van der Waals surface area contributed by atoms with Crippen molar-refractivity contribution in [2.75, 3.05) is 45.8 Å². The number of hydrogen-bond donors (Lipinski definition) is 0. The highest BCUT2D eigenvalue weighted by Crippen LogP contribution is 2.22. The summed E-state index contributed by atoms with van der Waals surface area (Å²) in [6.07, 6.45) is 7.10. The second-order valence-corrected chi connectivity index (χ2v) is 8.81. The Kier molecular flexibility index (Phi) is 7.52. The van der Waals surface area contributed by atoms with Crippen molar-refractivity contribution in [3.8, 4) is 0 Å². The van der Waals surface area contributed by atoms with E-state index in [9.17, 15) is 9.59 Å². The zero-order valence-corrected chi connectivity index (χ0v) is 19.0. The number of likely N-dealkylation sites (tertiary alicyclic amines) is 1. The average molecular weight is 439 g/mol. The quantitative estimate of drug-likeness (QED) is 0.660. The van der Waals surface area contributed by atoms with Gasteiger partial charge in [0.15, 0.2) is 0 Å². The number of nitrogens with zero attached hydrogens (tertiary/aromatic N) is 6. The van der Waals surface area contributed by atoms with Crippen molar-refractivity contribution < 1.29 is 9.59 Å². The summed E-state index contributed by atoms with van der Waals surface area (Å²) in [5.74, 6) is 0.440. The molecule has 0 aromatic carbocycles. The predicted molar refractivity (Wildman–Crippen MR) is 122 cm³/mol. The van der Waals surface area contributed by atoms with Crippen LogP contribution in [0.1, 0.15) is 42.4 Å². The lowest BCUT2D eigenvalue weighted by atomic mass is 9.94. The third kappa shape index (κ3) is 5.73. The second-order valence-electron chi connectivity index (χ2n) is 8.81. The van der Waals surface area contributed by atoms with Gasteiger partial charge in [0.25, 0.3) is 5.91 Å². The average Bonchev–Trinajstić information content (AvgIpc) is 3.33. The Morgan fingerprint density at radius 1 is 1.06 bits per heavy atom. The van der Waals surface area contributed by atoms with Gasteiger partial charge in [-0.05, 0) is 43.9 Å². The standard InChI is InChI=1S/C24H34N6O2/c1-2-30-13-9-22(26-30)24(32)29-11-5-6-20(19-29)18-23(31)28-16-14-27(15-17-28)12-8-21-7-3-4-10-25-21/h3-4,7,9-10,13,20H,2,5-6,8,11-12,14-19H2,1H3/t20-/m1/s1. The van der Waals surface area contributed by atoms with Gasteiger partial charge in [0.05, 0.1) is 0 Å². The number of carbonyl (C=O) groups excluding carboxylic acids is 2. The number of aromatic nitrogens is 3. The van der Waals surface area contributed by atoms with Crippen LogP contribution >= 0.6 is 0 Å². The van der Waals surface area contributed by atoms with E-state index >= 15 is 0 Å². The van der Waals surface area contributed by atoms with Crippen LogP contribution in [-0.2, 0) is 17.8 Å². The number of amides is 2. The van der Waals surface area contributed by atoms with E-state index in [1.807, 2.05) is 41.2 Å². The Labute approximate surface area is 190 Å². The first-order valence-corrected chi connectivity index (χ1v) is 11.8. The molecule has 1 atom stereocenters. The summed E-state index contributed by atoms with van der Waals surface area (Å²) in [7, 11) is 0. The van der Waals surface area contributed by atoms with Crippen LogP contribution in [0.3, 0.4) is 0 Å². The molecule has 2 fully saturated rings. The van der Waals surface area contributed by atoms with Crippen molar-refractivity contribution in [3.05, 3.63) is 48.0 Å². The van der Waals surface area contributed by atoms with Crippen LogP contribution in [0.4, 0.5) is 0 Å². The summed E-state index contributed by atoms with van der Waals surface area (Å²) in [5.41, 5.74) is 1.62. The highest BCUT2D eigenvalue weighted by atomic mass is 16.2. The maximum atomic E-state index is 12.9. The minimum absolute atomic E-state index is 0.0177. The number of hydrogen-bond acceptors (Lipinski definition) is 5. The number of aryl methyl sites for hydroxylation is 1. The highest BCUT2D eigenvalue weighted by Gasteiger charge is 2.29. The third-order valence-corrected chi connectivity index (χ3v) is 6.59. The first kappa shape index (κ1) is 22.5. The Balaban J connectivity index is 1.21. The van der Waals surface area contributed by atoms with Crippen LogP contribution < -0.4 is 0 Å². The van der Waals surface area contributed by atoms with Gasteiger partial charge >= 0.3 is 0 Å². The fourth-order valence-electron chi connectivity index (χ4n) is 4.65. The molecule has 0 saturated carbocycles. The van der Waals surface area contributed by atoms with E-state index in [0.717, 1.165) is 70.8 Å². The van der Waals surface area contributed by atoms with Gasteiger partial charge in [0, 0.05) is 83.3 Å². The molecule has 4 rings (SSSR count). The lowest BCUT2D eigenvalue weighted by Crippen LogP contribution is -2.50. The van der Waals surface area contributed by atoms with Gasteiger partial charge in [-0.3, -0.25) is 24.2 Å². The van der Waals surface area contributed by atoms with Crippen molar-refractivity contribution >= 4 is 11.8 Å². The monoisotopic (exact) mass is 438 g/mol. The van der Waals surface area contributed by atoms with Crippen molar-refractivity contribution in [1.82, 2.24) is 29.5 Å². The van der Waals surface area contributed by atoms with Gasteiger partial charge in [-0.2, -0.15) is 5.10 Å². The second kappa shape index (κ2) is 10.7. The van der Waals surface area contributed by atoms with Crippen LogP contribution in [0.15, 0.2) is 36.7 Å². The Bertz CT molecular complexity index is 891. The molecule has 8 nitrogen and oxygen atoms in total. The number of rotatable bonds is 7. The molecule has 0 spiro atoms. The summed E-state index contributed by atoms with van der Waals surface area (Å²) >= 11 is 0. The van der Waals surface area contributed by atoms with Crippen molar-refractivity contribution in [1.29, 1.82) is 0 Å². The molecule has 172 valence electrons. The molecule has 2 saturated heterocycles. The van der Waals surface area contributed by atoms with Gasteiger partial charge in [0.1, 0.15) is 5.69 Å². The lowest BCUT2D eigenvalue weighted by Gasteiger charge is -2.37. The number of piperazine rings is 1. The van der Waals surface area contributed by atoms with E-state index in [0.29, 0.717) is 18.7 Å². The largest absolute Gasteiger partial charge is 0.340 e. The summed E-state index contributed by atoms with van der Waals surface area (Å²) < 4.78 is 1.77. The van der Waals surface area contributed by atoms with Crippen LogP contribution in [-0.4, -0.2) is 87.1 Å². The van der Waals surface area contributed by atoms with Crippen molar-refractivity contribution in [3.63, 3.8) is 0 Å². The van der Waals surface area contributed by atoms with Gasteiger partial charge in [0.2, 0.25) is 5.91 Å². The zero-order chi connectivity index (χ0) is 22.3. The molecule has 0 aliphatic carbocycles. The molecule has 2 amide bonds. The van der Waals surface area contributed by atoms with Crippen LogP contribution in [0.25, 0.3) is 0 Å². The molecular weight excluding hydrogens is 404 g/mol. The Morgan fingerprint density at radius 3 is 2.62 bits per heavy atom. The smallest absolute Gasteiger partial charge is 0.274 e. The first-order valence-electron chi connectivity index (χ1n) is 11.8. The van der Waals surface area contributed by atoms with Crippen LogP contribution in [0.2, 0.25) is 0 Å². The van der Waals surface area contributed by atoms with Gasteiger partial charge < -0.3 is 9.80 Å². The minimum Gasteiger partial charge on any atom is -0.340 e. The van der Waals surface area contributed by atoms with Gasteiger partial charge in [-0.1, -0.05) is 6.07 Å². The Morgan fingerprint density at radius 2 is 1.91 bits per heavy atom. The van der Waals surface area contributed by atoms with Crippen molar-refractivity contribution in [2.24, 2.45) is 5.92 Å². The number of carbonyl (C=O) groups is 2. The molecule has 0 unspecified atom stereocenters. The van der Waals surface area contributed by atoms with E-state index in [-0.39, 0.29) is 17.7 Å². The van der Waals surface area contributed by atoms with Crippen molar-refractivity contribution in [2.45, 2.75) is 39.2 Å². The third-order valence-electron chi connectivity index (χ3n) is 6.59. The highest BCUT2D eigenvalue weighted by molar-refractivity contribution is 5.92. The first-order chi connectivity index (χ1) is 15.6. The fraction of sp³-hybridized carbons (Fsp3) is 0.583. The van der Waals surface area contributed by atoms with Gasteiger partial charge in [-0.25, -0.2) is 0 Å². The molecule has 2 aliphatic heterocycles. The van der Waals surface area contributed by atoms with Crippen LogP contribution in [0.5, 0.6) is 0 Å².